The van der Waals surface area contributed by atoms with Crippen LogP contribution in [0, 0.1) is 5.92 Å². The SMILES string of the molecule is CCCCCCCCCCCCCCC(=O)OC[C@H](COP(=O)(O)OC[C@@H](O)COP(=O)(O)OC[C@@H](COC(=O)CCCCCCCCCCCC)OC(=O)CCCCCCCCCCCCC)OC(=O)CCCCCCCCCCCCCCCCCC(C)C. The van der Waals surface area contributed by atoms with Crippen LogP contribution in [0.4, 0.5) is 0 Å². The first-order valence-corrected chi connectivity index (χ1v) is 40.6. The molecule has 0 aromatic carbocycles. The first-order chi connectivity index (χ1) is 44.0. The number of phosphoric acid groups is 2. The molecule has 5 atom stereocenters. The molecule has 0 aromatic rings. The number of aliphatic hydroxyl groups is 1. The van der Waals surface area contributed by atoms with Crippen LogP contribution in [0.25, 0.3) is 0 Å². The average molecular weight is 1340 g/mol. The predicted molar refractivity (Wildman–Crippen MR) is 368 cm³/mol. The number of ether oxygens (including phenoxy) is 4. The molecule has 0 fully saturated rings. The average Bonchev–Trinajstić information content (AvgIpc) is 3.62. The van der Waals surface area contributed by atoms with Crippen molar-refractivity contribution >= 4 is 39.5 Å². The molecule has 0 rings (SSSR count). The molecule has 0 aliphatic heterocycles. The van der Waals surface area contributed by atoms with Gasteiger partial charge in [0, 0.05) is 25.7 Å². The number of unbranched alkanes of at least 4 members (excludes halogenated alkanes) is 44. The number of aliphatic hydroxyl groups excluding tert-OH is 1. The summed E-state index contributed by atoms with van der Waals surface area (Å²) >= 11 is 0. The topological polar surface area (TPSA) is 237 Å². The summed E-state index contributed by atoms with van der Waals surface area (Å²) < 4.78 is 68.3. The molecule has 0 saturated carbocycles. The van der Waals surface area contributed by atoms with Gasteiger partial charge < -0.3 is 33.8 Å². The van der Waals surface area contributed by atoms with Gasteiger partial charge >= 0.3 is 39.5 Å². The van der Waals surface area contributed by atoms with E-state index in [-0.39, 0.29) is 25.7 Å². The van der Waals surface area contributed by atoms with E-state index in [0.717, 1.165) is 95.8 Å². The Morgan fingerprint density at radius 1 is 0.297 bits per heavy atom. The summed E-state index contributed by atoms with van der Waals surface area (Å²) in [6, 6.07) is 0. The maximum Gasteiger partial charge on any atom is 0.472 e. The summed E-state index contributed by atoms with van der Waals surface area (Å²) in [7, 11) is -9.90. The molecular formula is C72H140O17P2. The number of rotatable bonds is 72. The minimum Gasteiger partial charge on any atom is -0.462 e. The third-order valence-electron chi connectivity index (χ3n) is 16.8. The zero-order chi connectivity index (χ0) is 67.0. The summed E-state index contributed by atoms with van der Waals surface area (Å²) in [5, 5.41) is 10.6. The van der Waals surface area contributed by atoms with Crippen LogP contribution in [-0.2, 0) is 65.4 Å². The van der Waals surface area contributed by atoms with Crippen molar-refractivity contribution in [3.8, 4) is 0 Å². The van der Waals surface area contributed by atoms with Crippen molar-refractivity contribution < 1.29 is 80.2 Å². The smallest absolute Gasteiger partial charge is 0.462 e. The maximum absolute atomic E-state index is 13.0. The van der Waals surface area contributed by atoms with E-state index in [1.807, 2.05) is 0 Å². The lowest BCUT2D eigenvalue weighted by Crippen LogP contribution is -2.30. The van der Waals surface area contributed by atoms with E-state index in [9.17, 15) is 43.2 Å². The fourth-order valence-electron chi connectivity index (χ4n) is 11.0. The first kappa shape index (κ1) is 89.1. The summed E-state index contributed by atoms with van der Waals surface area (Å²) in [6.07, 6.45) is 52.5. The van der Waals surface area contributed by atoms with Crippen LogP contribution in [0.5, 0.6) is 0 Å². The van der Waals surface area contributed by atoms with Gasteiger partial charge in [0.25, 0.3) is 0 Å². The Morgan fingerprint density at radius 3 is 0.747 bits per heavy atom. The molecule has 0 bridgehead atoms. The molecule has 91 heavy (non-hydrogen) atoms. The summed E-state index contributed by atoms with van der Waals surface area (Å²) in [5.74, 6) is -1.32. The van der Waals surface area contributed by atoms with Crippen LogP contribution >= 0.6 is 15.6 Å². The molecule has 0 aliphatic rings. The molecule has 0 aliphatic carbocycles. The van der Waals surface area contributed by atoms with Crippen molar-refractivity contribution in [1.29, 1.82) is 0 Å². The quantitative estimate of drug-likeness (QED) is 0.0222. The van der Waals surface area contributed by atoms with Crippen molar-refractivity contribution in [3.05, 3.63) is 0 Å². The second-order valence-corrected chi connectivity index (χ2v) is 29.4. The number of hydrogen-bond donors (Lipinski definition) is 3. The van der Waals surface area contributed by atoms with Gasteiger partial charge in [0.15, 0.2) is 12.2 Å². The fraction of sp³-hybridized carbons (Fsp3) is 0.944. The van der Waals surface area contributed by atoms with Gasteiger partial charge in [-0.05, 0) is 31.6 Å². The number of hydrogen-bond acceptors (Lipinski definition) is 15. The second kappa shape index (κ2) is 65.4. The van der Waals surface area contributed by atoms with Gasteiger partial charge in [0.2, 0.25) is 0 Å². The predicted octanol–water partition coefficient (Wildman–Crippen LogP) is 20.9. The number of carbonyl (C=O) groups excluding carboxylic acids is 4. The summed E-state index contributed by atoms with van der Waals surface area (Å²) in [6.45, 7) is 7.28. The molecule has 2 unspecified atom stereocenters. The number of phosphoric ester groups is 2. The van der Waals surface area contributed by atoms with Crippen molar-refractivity contribution in [2.24, 2.45) is 5.92 Å². The highest BCUT2D eigenvalue weighted by Crippen LogP contribution is 2.45. The molecular weight excluding hydrogens is 1200 g/mol. The van der Waals surface area contributed by atoms with Gasteiger partial charge in [-0.25, -0.2) is 9.13 Å². The van der Waals surface area contributed by atoms with Gasteiger partial charge in [-0.15, -0.1) is 0 Å². The Balaban J connectivity index is 5.22. The van der Waals surface area contributed by atoms with E-state index in [4.69, 9.17) is 37.0 Å². The zero-order valence-electron chi connectivity index (χ0n) is 59.0. The van der Waals surface area contributed by atoms with Crippen LogP contribution < -0.4 is 0 Å². The minimum absolute atomic E-state index is 0.107. The normalized spacial score (nSPS) is 14.0. The molecule has 0 saturated heterocycles. The second-order valence-electron chi connectivity index (χ2n) is 26.5. The molecule has 540 valence electrons. The monoisotopic (exact) mass is 1340 g/mol. The van der Waals surface area contributed by atoms with Gasteiger partial charge in [-0.2, -0.15) is 0 Å². The third kappa shape index (κ3) is 66.5. The number of esters is 4. The van der Waals surface area contributed by atoms with E-state index in [1.165, 1.54) is 199 Å². The van der Waals surface area contributed by atoms with E-state index < -0.39 is 97.5 Å². The largest absolute Gasteiger partial charge is 0.472 e. The minimum atomic E-state index is -4.95. The van der Waals surface area contributed by atoms with Gasteiger partial charge in [0.1, 0.15) is 19.3 Å². The Bertz CT molecular complexity index is 1750. The Labute approximate surface area is 556 Å². The van der Waals surface area contributed by atoms with Gasteiger partial charge in [-0.3, -0.25) is 37.3 Å². The molecule has 19 heteroatoms. The van der Waals surface area contributed by atoms with Crippen molar-refractivity contribution in [1.82, 2.24) is 0 Å². The highest BCUT2D eigenvalue weighted by Gasteiger charge is 2.30. The Kier molecular flexibility index (Phi) is 64.0. The van der Waals surface area contributed by atoms with Gasteiger partial charge in [0.05, 0.1) is 26.4 Å². The molecule has 0 amide bonds. The van der Waals surface area contributed by atoms with Crippen LogP contribution in [-0.4, -0.2) is 96.7 Å². The maximum atomic E-state index is 13.0. The first-order valence-electron chi connectivity index (χ1n) is 37.6. The number of carbonyl (C=O) groups is 4. The Hall–Kier alpha value is -1.94. The highest BCUT2D eigenvalue weighted by atomic mass is 31.2. The highest BCUT2D eigenvalue weighted by molar-refractivity contribution is 7.47. The van der Waals surface area contributed by atoms with Crippen LogP contribution in [0.2, 0.25) is 0 Å². The van der Waals surface area contributed by atoms with Gasteiger partial charge in [-0.1, -0.05) is 324 Å². The van der Waals surface area contributed by atoms with Crippen LogP contribution in [0.3, 0.4) is 0 Å². The Morgan fingerprint density at radius 2 is 0.505 bits per heavy atom. The lowest BCUT2D eigenvalue weighted by molar-refractivity contribution is -0.161. The molecule has 17 nitrogen and oxygen atoms in total. The van der Waals surface area contributed by atoms with E-state index in [0.29, 0.717) is 25.7 Å². The summed E-state index contributed by atoms with van der Waals surface area (Å²) in [5.41, 5.74) is 0. The zero-order valence-corrected chi connectivity index (χ0v) is 60.8. The molecule has 0 aromatic heterocycles. The van der Waals surface area contributed by atoms with E-state index in [1.54, 1.807) is 0 Å². The summed E-state index contributed by atoms with van der Waals surface area (Å²) in [4.78, 5) is 72.6. The van der Waals surface area contributed by atoms with Crippen molar-refractivity contribution in [2.75, 3.05) is 39.6 Å². The third-order valence-corrected chi connectivity index (χ3v) is 18.7. The van der Waals surface area contributed by atoms with E-state index in [2.05, 4.69) is 34.6 Å². The fourth-order valence-corrected chi connectivity index (χ4v) is 12.6. The standard InChI is InChI=1S/C72H140O17P2/c1-6-9-12-15-18-21-24-32-36-41-46-51-56-70(75)83-62-68(89-72(77)58-53-48-43-38-33-29-27-25-26-28-31-34-39-44-49-54-65(4)5)64-87-91(80,81)85-60-66(73)59-84-90(78,79)86-63-67(61-82-69(74)55-50-45-40-35-23-20-17-14-11-8-3)88-71(76)57-52-47-42-37-30-22-19-16-13-10-7-2/h65-68,73H,6-64H2,1-5H3,(H,78,79)(H,80,81)/t66-,67+,68+/m0/s1. The molecule has 0 radical (unpaired) electrons. The van der Waals surface area contributed by atoms with Crippen LogP contribution in [0.1, 0.15) is 375 Å². The molecule has 0 heterocycles. The lowest BCUT2D eigenvalue weighted by atomic mass is 10.0. The van der Waals surface area contributed by atoms with E-state index >= 15 is 0 Å². The van der Waals surface area contributed by atoms with Crippen molar-refractivity contribution in [3.63, 3.8) is 0 Å². The lowest BCUT2D eigenvalue weighted by Gasteiger charge is -2.21. The molecule has 0 spiro atoms. The van der Waals surface area contributed by atoms with Crippen LogP contribution in [0.15, 0.2) is 0 Å². The van der Waals surface area contributed by atoms with Crippen molar-refractivity contribution in [2.45, 2.75) is 393 Å². The molecule has 3 N–H and O–H groups in total.